The van der Waals surface area contributed by atoms with Gasteiger partial charge in [-0.15, -0.1) is 0 Å². The lowest BCUT2D eigenvalue weighted by Crippen LogP contribution is -2.28. The lowest BCUT2D eigenvalue weighted by atomic mass is 10.1. The Balaban J connectivity index is 1.73. The Morgan fingerprint density at radius 3 is 2.77 bits per heavy atom. The van der Waals surface area contributed by atoms with E-state index in [0.717, 1.165) is 31.8 Å². The predicted octanol–water partition coefficient (Wildman–Crippen LogP) is 2.29. The molecule has 2 aromatic heterocycles. The first-order chi connectivity index (χ1) is 12.7. The molecule has 134 valence electrons. The van der Waals surface area contributed by atoms with E-state index in [-0.39, 0.29) is 11.1 Å². The third-order valence-electron chi connectivity index (χ3n) is 4.56. The van der Waals surface area contributed by atoms with Crippen LogP contribution in [-0.4, -0.2) is 34.2 Å². The molecule has 1 aromatic carbocycles. The third-order valence-corrected chi connectivity index (χ3v) is 4.56. The van der Waals surface area contributed by atoms with Gasteiger partial charge in [-0.1, -0.05) is 0 Å². The van der Waals surface area contributed by atoms with Crippen LogP contribution in [0, 0.1) is 0 Å². The highest BCUT2D eigenvalue weighted by Gasteiger charge is 2.17. The maximum Gasteiger partial charge on any atom is 0.274 e. The number of aromatic nitrogens is 2. The van der Waals surface area contributed by atoms with Crippen molar-refractivity contribution >= 4 is 22.7 Å². The van der Waals surface area contributed by atoms with E-state index >= 15 is 0 Å². The van der Waals surface area contributed by atoms with Gasteiger partial charge in [-0.25, -0.2) is 10.5 Å². The Hall–Kier alpha value is -3.13. The number of H-pyrrole nitrogens is 1. The van der Waals surface area contributed by atoms with E-state index in [4.69, 9.17) is 9.62 Å². The smallest absolute Gasteiger partial charge is 0.274 e. The molecule has 0 aliphatic carbocycles. The summed E-state index contributed by atoms with van der Waals surface area (Å²) in [5, 5.41) is 9.12. The minimum atomic E-state index is -0.666. The number of carbonyl (C=O) groups is 1. The molecule has 8 nitrogen and oxygen atoms in total. The molecule has 1 saturated heterocycles. The molecule has 1 aliphatic heterocycles. The number of furan rings is 1. The summed E-state index contributed by atoms with van der Waals surface area (Å²) in [5.74, 6) is 0.852. The summed E-state index contributed by atoms with van der Waals surface area (Å²) in [4.78, 5) is 33.2. The zero-order valence-electron chi connectivity index (χ0n) is 14.0. The van der Waals surface area contributed by atoms with Crippen LogP contribution in [0.15, 0.2) is 39.5 Å². The highest BCUT2D eigenvalue weighted by Crippen LogP contribution is 2.27. The molecule has 0 spiro atoms. The van der Waals surface area contributed by atoms with Gasteiger partial charge in [0.15, 0.2) is 17.5 Å². The predicted molar refractivity (Wildman–Crippen MR) is 95.4 cm³/mol. The molecule has 3 aromatic rings. The molecular formula is C18H18N4O4. The number of rotatable bonds is 3. The Labute approximate surface area is 148 Å². The largest absolute Gasteiger partial charge is 0.437 e. The number of hydrogen-bond acceptors (Lipinski definition) is 6. The Bertz CT molecular complexity index is 1020. The number of carbonyl (C=O) groups excluding carboxylic acids is 1. The molecule has 0 atom stereocenters. The maximum atomic E-state index is 12.3. The summed E-state index contributed by atoms with van der Waals surface area (Å²) in [6.45, 7) is 1.91. The average Bonchev–Trinajstić information content (AvgIpc) is 3.18. The summed E-state index contributed by atoms with van der Waals surface area (Å²) in [5.41, 5.74) is 1.80. The zero-order chi connectivity index (χ0) is 18.1. The molecule has 3 N–H and O–H groups in total. The van der Waals surface area contributed by atoms with Gasteiger partial charge in [-0.2, -0.15) is 0 Å². The van der Waals surface area contributed by atoms with Gasteiger partial charge in [0.1, 0.15) is 0 Å². The maximum absolute atomic E-state index is 12.3. The number of aromatic amines is 1. The van der Waals surface area contributed by atoms with Gasteiger partial charge >= 0.3 is 0 Å². The first-order valence-electron chi connectivity index (χ1n) is 8.49. The summed E-state index contributed by atoms with van der Waals surface area (Å²) < 4.78 is 5.89. The molecule has 1 aliphatic rings. The number of hydrogen-bond donors (Lipinski definition) is 3. The van der Waals surface area contributed by atoms with Crippen LogP contribution in [0.5, 0.6) is 0 Å². The zero-order valence-corrected chi connectivity index (χ0v) is 14.0. The summed E-state index contributed by atoms with van der Waals surface area (Å²) >= 11 is 0. The van der Waals surface area contributed by atoms with Gasteiger partial charge in [0.05, 0.1) is 10.9 Å². The van der Waals surface area contributed by atoms with Crippen LogP contribution in [0.4, 0.5) is 5.88 Å². The normalized spacial score (nSPS) is 14.6. The Kier molecular flexibility index (Phi) is 4.18. The van der Waals surface area contributed by atoms with E-state index in [1.54, 1.807) is 11.5 Å². The average molecular weight is 354 g/mol. The second-order valence-corrected chi connectivity index (χ2v) is 6.27. The molecule has 1 amide bonds. The molecule has 0 radical (unpaired) electrons. The van der Waals surface area contributed by atoms with Crippen molar-refractivity contribution in [2.24, 2.45) is 0 Å². The van der Waals surface area contributed by atoms with Crippen molar-refractivity contribution in [2.45, 2.75) is 19.3 Å². The van der Waals surface area contributed by atoms with Crippen molar-refractivity contribution < 1.29 is 14.4 Å². The number of piperidine rings is 1. The number of amides is 1. The SMILES string of the molecule is O=C(NO)c1ccc2c(=O)[nH]c(-c3ccc(N4CCCCC4)o3)nc2c1. The number of fused-ring (bicyclic) bond motifs is 1. The lowest BCUT2D eigenvalue weighted by Gasteiger charge is -2.25. The van der Waals surface area contributed by atoms with Gasteiger partial charge in [0.2, 0.25) is 0 Å². The number of nitrogens with one attached hydrogen (secondary N) is 2. The molecule has 26 heavy (non-hydrogen) atoms. The summed E-state index contributed by atoms with van der Waals surface area (Å²) in [6, 6.07) is 8.05. The highest BCUT2D eigenvalue weighted by atomic mass is 16.5. The van der Waals surface area contributed by atoms with Gasteiger partial charge in [0.25, 0.3) is 11.5 Å². The molecule has 1 fully saturated rings. The highest BCUT2D eigenvalue weighted by molar-refractivity contribution is 5.97. The lowest BCUT2D eigenvalue weighted by molar-refractivity contribution is 0.0706. The van der Waals surface area contributed by atoms with Crippen molar-refractivity contribution in [3.63, 3.8) is 0 Å². The van der Waals surface area contributed by atoms with Crippen LogP contribution < -0.4 is 15.9 Å². The van der Waals surface area contributed by atoms with E-state index in [9.17, 15) is 9.59 Å². The van der Waals surface area contributed by atoms with E-state index in [2.05, 4.69) is 14.9 Å². The summed E-state index contributed by atoms with van der Waals surface area (Å²) in [7, 11) is 0. The first-order valence-corrected chi connectivity index (χ1v) is 8.49. The van der Waals surface area contributed by atoms with Gasteiger partial charge in [0, 0.05) is 24.7 Å². The van der Waals surface area contributed by atoms with Gasteiger partial charge < -0.3 is 14.3 Å². The fourth-order valence-corrected chi connectivity index (χ4v) is 3.20. The van der Waals surface area contributed by atoms with Crippen molar-refractivity contribution in [3.05, 3.63) is 46.2 Å². The molecule has 0 saturated carbocycles. The molecule has 4 rings (SSSR count). The van der Waals surface area contributed by atoms with Crippen molar-refractivity contribution in [1.82, 2.24) is 15.4 Å². The van der Waals surface area contributed by atoms with Gasteiger partial charge in [-0.05, 0) is 43.5 Å². The van der Waals surface area contributed by atoms with Crippen molar-refractivity contribution in [3.8, 4) is 11.6 Å². The van der Waals surface area contributed by atoms with Crippen LogP contribution in [0.3, 0.4) is 0 Å². The third kappa shape index (κ3) is 2.95. The second kappa shape index (κ2) is 6.64. The fourth-order valence-electron chi connectivity index (χ4n) is 3.20. The fraction of sp³-hybridized carbons (Fsp3) is 0.278. The Morgan fingerprint density at radius 2 is 2.00 bits per heavy atom. The van der Waals surface area contributed by atoms with E-state index in [1.807, 2.05) is 6.07 Å². The second-order valence-electron chi connectivity index (χ2n) is 6.27. The molecular weight excluding hydrogens is 336 g/mol. The number of benzene rings is 1. The van der Waals surface area contributed by atoms with Crippen molar-refractivity contribution in [2.75, 3.05) is 18.0 Å². The minimum absolute atomic E-state index is 0.206. The van der Waals surface area contributed by atoms with E-state index in [1.165, 1.54) is 24.6 Å². The van der Waals surface area contributed by atoms with Crippen LogP contribution in [0.25, 0.3) is 22.5 Å². The molecule has 8 heteroatoms. The summed E-state index contributed by atoms with van der Waals surface area (Å²) in [6.07, 6.45) is 3.50. The van der Waals surface area contributed by atoms with Crippen LogP contribution in [0.1, 0.15) is 29.6 Å². The topological polar surface area (TPSA) is 111 Å². The number of nitrogens with zero attached hydrogens (tertiary/aromatic N) is 2. The van der Waals surface area contributed by atoms with Crippen LogP contribution >= 0.6 is 0 Å². The Morgan fingerprint density at radius 1 is 1.19 bits per heavy atom. The standard InChI is InChI=1S/C18H18N4O4/c23-17(21-25)11-4-5-12-13(10-11)19-16(20-18(12)24)14-6-7-15(26-14)22-8-2-1-3-9-22/h4-7,10,25H,1-3,8-9H2,(H,21,23)(H,19,20,24). The van der Waals surface area contributed by atoms with Crippen LogP contribution in [0.2, 0.25) is 0 Å². The molecule has 0 unspecified atom stereocenters. The van der Waals surface area contributed by atoms with E-state index in [0.29, 0.717) is 22.5 Å². The number of anilines is 1. The van der Waals surface area contributed by atoms with Crippen molar-refractivity contribution in [1.29, 1.82) is 0 Å². The quantitative estimate of drug-likeness (QED) is 0.491. The van der Waals surface area contributed by atoms with Crippen LogP contribution in [-0.2, 0) is 0 Å². The molecule has 3 heterocycles. The number of hydroxylamine groups is 1. The van der Waals surface area contributed by atoms with Gasteiger partial charge in [-0.3, -0.25) is 14.8 Å². The first kappa shape index (κ1) is 16.3. The van der Waals surface area contributed by atoms with E-state index < -0.39 is 5.91 Å². The molecule has 0 bridgehead atoms. The minimum Gasteiger partial charge on any atom is -0.437 e. The monoisotopic (exact) mass is 354 g/mol.